The van der Waals surface area contributed by atoms with Crippen LogP contribution in [0.15, 0.2) is 169 Å². The first kappa shape index (κ1) is 52.9. The monoisotopic (exact) mass is 979 g/mol. The number of aryl methyl sites for hydroxylation is 2. The van der Waals surface area contributed by atoms with Crippen molar-refractivity contribution in [2.24, 2.45) is 0 Å². The van der Waals surface area contributed by atoms with E-state index in [0.29, 0.717) is 5.69 Å². The molecule has 1 heterocycles. The zero-order valence-corrected chi connectivity index (χ0v) is 46.6. The van der Waals surface area contributed by atoms with Crippen LogP contribution in [0.3, 0.4) is 0 Å². The van der Waals surface area contributed by atoms with Gasteiger partial charge in [0.25, 0.3) is 0 Å². The van der Waals surface area contributed by atoms with Gasteiger partial charge in [-0.05, 0) is 165 Å². The number of allylic oxidation sites excluding steroid dienone is 1. The van der Waals surface area contributed by atoms with Crippen LogP contribution >= 0.6 is 0 Å². The molecule has 74 heavy (non-hydrogen) atoms. The maximum atomic E-state index is 16.6. The van der Waals surface area contributed by atoms with Crippen molar-refractivity contribution in [1.82, 2.24) is 0 Å². The number of anilines is 6. The Labute approximate surface area is 441 Å². The molecule has 10 rings (SSSR count). The second-order valence-electron chi connectivity index (χ2n) is 21.7. The molecule has 0 saturated heterocycles. The molecule has 0 amide bonds. The number of hydrogen-bond acceptors (Lipinski definition) is 3. The summed E-state index contributed by atoms with van der Waals surface area (Å²) in [5.41, 5.74) is 18.7. The van der Waals surface area contributed by atoms with Crippen molar-refractivity contribution in [2.45, 2.75) is 120 Å². The predicted molar refractivity (Wildman–Crippen MR) is 320 cm³/mol. The molecule has 8 aromatic carbocycles. The van der Waals surface area contributed by atoms with Gasteiger partial charge in [-0.2, -0.15) is 0 Å². The molecule has 1 aromatic heterocycles. The Hall–Kier alpha value is -7.43. The predicted octanol–water partition coefficient (Wildman–Crippen LogP) is 21.6. The summed E-state index contributed by atoms with van der Waals surface area (Å²) in [5.74, 6) is 0.467. The number of para-hydroxylation sites is 1. The highest BCUT2D eigenvalue weighted by molar-refractivity contribution is 6.11. The van der Waals surface area contributed by atoms with Gasteiger partial charge in [-0.15, -0.1) is 0 Å². The van der Waals surface area contributed by atoms with Gasteiger partial charge < -0.3 is 14.2 Å². The summed E-state index contributed by atoms with van der Waals surface area (Å²) in [4.78, 5) is 4.56. The van der Waals surface area contributed by atoms with Gasteiger partial charge in [0.05, 0.1) is 22.4 Å². The van der Waals surface area contributed by atoms with Gasteiger partial charge in [0.1, 0.15) is 17.2 Å². The van der Waals surface area contributed by atoms with Crippen LogP contribution in [0.1, 0.15) is 135 Å². The fraction of sp³-hybridized carbons (Fsp3) is 0.257. The van der Waals surface area contributed by atoms with Gasteiger partial charge in [0, 0.05) is 33.4 Å². The summed E-state index contributed by atoms with van der Waals surface area (Å²) >= 11 is 0. The average Bonchev–Trinajstić information content (AvgIpc) is 3.86. The molecule has 3 nitrogen and oxygen atoms in total. The topological polar surface area (TPSA) is 19.6 Å². The van der Waals surface area contributed by atoms with E-state index >= 15 is 4.39 Å². The summed E-state index contributed by atoms with van der Waals surface area (Å²) in [7, 11) is 0. The number of hydrogen-bond donors (Lipinski definition) is 0. The van der Waals surface area contributed by atoms with Crippen molar-refractivity contribution in [2.75, 3.05) is 9.80 Å². The Morgan fingerprint density at radius 1 is 0.541 bits per heavy atom. The summed E-state index contributed by atoms with van der Waals surface area (Å²) in [6, 6.07) is 53.8. The molecule has 0 atom stereocenters. The molecule has 0 unspecified atom stereocenters. The Morgan fingerprint density at radius 2 is 1.12 bits per heavy atom. The zero-order valence-electron chi connectivity index (χ0n) is 46.6. The maximum absolute atomic E-state index is 16.6. The van der Waals surface area contributed by atoms with Crippen LogP contribution in [0.5, 0.6) is 0 Å². The van der Waals surface area contributed by atoms with Crippen LogP contribution in [-0.2, 0) is 16.2 Å². The summed E-state index contributed by atoms with van der Waals surface area (Å²) in [5, 5.41) is 3.21. The number of benzene rings is 8. The van der Waals surface area contributed by atoms with E-state index in [1.54, 1.807) is 18.2 Å². The summed E-state index contributed by atoms with van der Waals surface area (Å²) < 4.78 is 23.1. The van der Waals surface area contributed by atoms with Gasteiger partial charge in [-0.3, -0.25) is 0 Å². The summed E-state index contributed by atoms with van der Waals surface area (Å²) in [6.45, 7) is 36.8. The molecule has 1 aliphatic carbocycles. The van der Waals surface area contributed by atoms with Gasteiger partial charge in [-0.1, -0.05) is 187 Å². The number of nitrogens with zero attached hydrogens (tertiary/aromatic N) is 2. The lowest BCUT2D eigenvalue weighted by Crippen LogP contribution is -2.20. The lowest BCUT2D eigenvalue weighted by atomic mass is 9.80. The highest BCUT2D eigenvalue weighted by Crippen LogP contribution is 2.56. The average molecular weight is 979 g/mol. The number of furan rings is 1. The van der Waals surface area contributed by atoms with E-state index in [2.05, 4.69) is 219 Å². The molecule has 0 saturated carbocycles. The first-order valence-electron chi connectivity index (χ1n) is 26.6. The summed E-state index contributed by atoms with van der Waals surface area (Å²) in [6.07, 6.45) is 5.98. The molecule has 0 fully saturated rings. The highest BCUT2D eigenvalue weighted by Gasteiger charge is 2.39. The third-order valence-electron chi connectivity index (χ3n) is 14.6. The largest absolute Gasteiger partial charge is 0.456 e. The number of fused-ring (bicyclic) bond motifs is 6. The fourth-order valence-corrected chi connectivity index (χ4v) is 10.8. The van der Waals surface area contributed by atoms with Crippen LogP contribution in [0, 0.1) is 19.7 Å². The van der Waals surface area contributed by atoms with Gasteiger partial charge in [0.15, 0.2) is 0 Å². The minimum Gasteiger partial charge on any atom is -0.456 e. The molecule has 0 aliphatic heterocycles. The van der Waals surface area contributed by atoms with E-state index in [0.717, 1.165) is 61.5 Å². The van der Waals surface area contributed by atoms with Gasteiger partial charge in [0.2, 0.25) is 0 Å². The van der Waals surface area contributed by atoms with Crippen molar-refractivity contribution in [3.8, 4) is 22.3 Å². The lowest BCUT2D eigenvalue weighted by Gasteiger charge is -2.33. The van der Waals surface area contributed by atoms with Crippen molar-refractivity contribution in [1.29, 1.82) is 0 Å². The molecular formula is C70H75FN2O. The van der Waals surface area contributed by atoms with E-state index in [1.165, 1.54) is 55.6 Å². The third kappa shape index (κ3) is 9.40. The lowest BCUT2D eigenvalue weighted by molar-refractivity contribution is 0.568. The molecule has 4 heteroatoms. The standard InChI is InChI=1S/C66H63FN2O.2C2H6/c1-13-22-53-60(14-2)70-61-30-21-29-58(63(53)61)68(45-31-33-49(42(4)35-45)48-24-16-15-23-41(48)3)46-32-34-52-54(39-46)66(11,12)55-40-59(50-25-17-18-26-51(50)62(52)55)69(57-28-20-19-27-56(57)67)47-37-43(64(5,6)7)36-44(38-47)65(8,9)10;2*1-2/h13-40H,2H2,1,3-12H3;2*1-2H3/b22-13-;;. The Balaban J connectivity index is 0.00000178. The Kier molecular flexibility index (Phi) is 14.9. The van der Waals surface area contributed by atoms with Crippen LogP contribution in [0.4, 0.5) is 38.5 Å². The van der Waals surface area contributed by atoms with Crippen molar-refractivity contribution < 1.29 is 8.81 Å². The fourth-order valence-electron chi connectivity index (χ4n) is 10.8. The smallest absolute Gasteiger partial charge is 0.147 e. The van der Waals surface area contributed by atoms with E-state index in [-0.39, 0.29) is 16.6 Å². The van der Waals surface area contributed by atoms with E-state index in [4.69, 9.17) is 4.42 Å². The first-order valence-corrected chi connectivity index (χ1v) is 26.6. The Bertz CT molecular complexity index is 3540. The van der Waals surface area contributed by atoms with Crippen LogP contribution in [-0.4, -0.2) is 0 Å². The Morgan fingerprint density at radius 3 is 1.74 bits per heavy atom. The molecule has 0 radical (unpaired) electrons. The molecule has 1 aliphatic rings. The maximum Gasteiger partial charge on any atom is 0.147 e. The first-order chi connectivity index (χ1) is 35.4. The third-order valence-corrected chi connectivity index (χ3v) is 14.6. The van der Waals surface area contributed by atoms with Gasteiger partial charge >= 0.3 is 0 Å². The normalized spacial score (nSPS) is 12.7. The second-order valence-corrected chi connectivity index (χ2v) is 21.7. The van der Waals surface area contributed by atoms with Crippen molar-refractivity contribution >= 4 is 68.0 Å². The molecule has 378 valence electrons. The molecule has 0 bridgehead atoms. The van der Waals surface area contributed by atoms with Crippen LogP contribution in [0.25, 0.3) is 56.1 Å². The van der Waals surface area contributed by atoms with Crippen LogP contribution < -0.4 is 9.80 Å². The van der Waals surface area contributed by atoms with E-state index in [9.17, 15) is 0 Å². The van der Waals surface area contributed by atoms with E-state index < -0.39 is 5.41 Å². The molecular weight excluding hydrogens is 904 g/mol. The van der Waals surface area contributed by atoms with E-state index in [1.807, 2.05) is 52.8 Å². The van der Waals surface area contributed by atoms with Crippen molar-refractivity contribution in [3.05, 3.63) is 215 Å². The second kappa shape index (κ2) is 20.8. The van der Waals surface area contributed by atoms with Crippen molar-refractivity contribution in [3.63, 3.8) is 0 Å². The van der Waals surface area contributed by atoms with Crippen LogP contribution in [0.2, 0.25) is 0 Å². The number of halogens is 1. The molecule has 0 spiro atoms. The molecule has 9 aromatic rings. The zero-order chi connectivity index (χ0) is 53.4. The molecule has 0 N–H and O–H groups in total. The van der Waals surface area contributed by atoms with Gasteiger partial charge in [-0.25, -0.2) is 4.39 Å². The quantitative estimate of drug-likeness (QED) is 0.144. The highest BCUT2D eigenvalue weighted by atomic mass is 19.1. The number of rotatable bonds is 9. The minimum absolute atomic E-state index is 0.140. The minimum atomic E-state index is -0.450. The SMILES string of the molecule is C=Cc1oc2cccc(N(c3ccc(-c4ccccc4C)c(C)c3)c3ccc4c(c3)C(C)(C)c3cc(N(c5cc(C(C)(C)C)cc(C(C)(C)C)c5)c5ccccc5F)c5ccccc5c3-4)c2c1/C=C\C.CC.CC.